The first-order valence-electron chi connectivity index (χ1n) is 8.36. The molecule has 6 nitrogen and oxygen atoms in total. The zero-order chi connectivity index (χ0) is 19.4. The fourth-order valence-corrected chi connectivity index (χ4v) is 3.08. The van der Waals surface area contributed by atoms with Crippen molar-refractivity contribution in [3.05, 3.63) is 42.7 Å². The molecule has 0 atom stereocenters. The maximum atomic E-state index is 5.48. The normalized spacial score (nSPS) is 10.4. The van der Waals surface area contributed by atoms with Gasteiger partial charge >= 0.3 is 0 Å². The Labute approximate surface area is 158 Å². The molecule has 0 amide bonds. The van der Waals surface area contributed by atoms with Gasteiger partial charge in [0.25, 0.3) is 0 Å². The van der Waals surface area contributed by atoms with Gasteiger partial charge in [0.15, 0.2) is 23.0 Å². The van der Waals surface area contributed by atoms with Crippen molar-refractivity contribution < 1.29 is 23.7 Å². The average molecular weight is 369 g/mol. The number of ether oxygens (including phenoxy) is 5. The number of methoxy groups -OCH3 is 5. The van der Waals surface area contributed by atoms with E-state index in [1.54, 1.807) is 35.5 Å². The quantitative estimate of drug-likeness (QED) is 0.669. The number of aromatic nitrogens is 1. The van der Waals surface area contributed by atoms with Gasteiger partial charge < -0.3 is 28.7 Å². The number of hydrogen-bond acceptors (Lipinski definition) is 5. The lowest BCUT2D eigenvalue weighted by Gasteiger charge is -2.15. The summed E-state index contributed by atoms with van der Waals surface area (Å²) in [6.07, 6.45) is 3.88. The number of aromatic amines is 1. The smallest absolute Gasteiger partial charge is 0.203 e. The van der Waals surface area contributed by atoms with Gasteiger partial charge in [-0.05, 0) is 35.4 Å². The van der Waals surface area contributed by atoms with Gasteiger partial charge in [0.2, 0.25) is 5.75 Å². The summed E-state index contributed by atoms with van der Waals surface area (Å²) < 4.78 is 27.1. The Morgan fingerprint density at radius 2 is 1.07 bits per heavy atom. The zero-order valence-corrected chi connectivity index (χ0v) is 16.1. The van der Waals surface area contributed by atoms with Crippen LogP contribution in [-0.2, 0) is 0 Å². The summed E-state index contributed by atoms with van der Waals surface area (Å²) in [5, 5.41) is 0. The van der Waals surface area contributed by atoms with Crippen LogP contribution >= 0.6 is 0 Å². The van der Waals surface area contributed by atoms with Crippen LogP contribution in [0.15, 0.2) is 42.7 Å². The van der Waals surface area contributed by atoms with Gasteiger partial charge in [-0.3, -0.25) is 0 Å². The molecule has 6 heteroatoms. The molecule has 142 valence electrons. The van der Waals surface area contributed by atoms with E-state index in [0.717, 1.165) is 22.3 Å². The third-order valence-electron chi connectivity index (χ3n) is 4.42. The van der Waals surface area contributed by atoms with Crippen LogP contribution in [0.1, 0.15) is 0 Å². The maximum absolute atomic E-state index is 5.48. The van der Waals surface area contributed by atoms with E-state index >= 15 is 0 Å². The van der Waals surface area contributed by atoms with Gasteiger partial charge in [0.05, 0.1) is 35.5 Å². The van der Waals surface area contributed by atoms with Crippen molar-refractivity contribution in [1.82, 2.24) is 4.98 Å². The van der Waals surface area contributed by atoms with Crippen LogP contribution < -0.4 is 23.7 Å². The summed E-state index contributed by atoms with van der Waals surface area (Å²) in [5.41, 5.74) is 3.96. The Kier molecular flexibility index (Phi) is 5.45. The summed E-state index contributed by atoms with van der Waals surface area (Å²) >= 11 is 0. The third-order valence-corrected chi connectivity index (χ3v) is 4.42. The predicted octanol–water partition coefficient (Wildman–Crippen LogP) is 4.39. The molecule has 2 aromatic carbocycles. The van der Waals surface area contributed by atoms with Gasteiger partial charge in [-0.15, -0.1) is 0 Å². The van der Waals surface area contributed by atoms with E-state index in [4.69, 9.17) is 23.7 Å². The zero-order valence-electron chi connectivity index (χ0n) is 16.1. The molecule has 27 heavy (non-hydrogen) atoms. The summed E-state index contributed by atoms with van der Waals surface area (Å²) in [6, 6.07) is 9.68. The van der Waals surface area contributed by atoms with E-state index in [0.29, 0.717) is 28.7 Å². The van der Waals surface area contributed by atoms with E-state index in [-0.39, 0.29) is 0 Å². The van der Waals surface area contributed by atoms with Gasteiger partial charge in [0, 0.05) is 23.5 Å². The van der Waals surface area contributed by atoms with Crippen molar-refractivity contribution in [1.29, 1.82) is 0 Å². The summed E-state index contributed by atoms with van der Waals surface area (Å²) in [4.78, 5) is 3.18. The minimum absolute atomic E-state index is 0.562. The standard InChI is InChI=1S/C21H23NO5/c1-23-17-7-6-13(8-18(17)24-2)15-11-22-12-16(15)14-9-19(25-3)21(27-5)20(10-14)26-4/h6-12,22H,1-5H3. The number of hydrogen-bond donors (Lipinski definition) is 1. The van der Waals surface area contributed by atoms with E-state index in [1.165, 1.54) is 0 Å². The topological polar surface area (TPSA) is 61.9 Å². The lowest BCUT2D eigenvalue weighted by Crippen LogP contribution is -1.96. The molecule has 0 unspecified atom stereocenters. The Morgan fingerprint density at radius 1 is 0.556 bits per heavy atom. The van der Waals surface area contributed by atoms with Crippen LogP contribution in [-0.4, -0.2) is 40.5 Å². The molecule has 0 aliphatic carbocycles. The average Bonchev–Trinajstić information content (AvgIpc) is 3.21. The van der Waals surface area contributed by atoms with Crippen molar-refractivity contribution in [2.24, 2.45) is 0 Å². The fraction of sp³-hybridized carbons (Fsp3) is 0.238. The fourth-order valence-electron chi connectivity index (χ4n) is 3.08. The van der Waals surface area contributed by atoms with Crippen molar-refractivity contribution in [2.75, 3.05) is 35.5 Å². The molecule has 1 N–H and O–H groups in total. The molecule has 1 aromatic heterocycles. The molecule has 0 aliphatic heterocycles. The highest BCUT2D eigenvalue weighted by molar-refractivity contribution is 5.85. The molecule has 0 saturated carbocycles. The summed E-state index contributed by atoms with van der Waals surface area (Å²) in [7, 11) is 8.04. The van der Waals surface area contributed by atoms with Gasteiger partial charge in [-0.1, -0.05) is 6.07 Å². The van der Waals surface area contributed by atoms with E-state index < -0.39 is 0 Å². The summed E-state index contributed by atoms with van der Waals surface area (Å²) in [6.45, 7) is 0. The first-order valence-corrected chi connectivity index (χ1v) is 8.36. The Hall–Kier alpha value is -3.28. The van der Waals surface area contributed by atoms with Crippen LogP contribution in [0.4, 0.5) is 0 Å². The lowest BCUT2D eigenvalue weighted by molar-refractivity contribution is 0.324. The first-order chi connectivity index (χ1) is 13.2. The molecule has 0 spiro atoms. The highest BCUT2D eigenvalue weighted by atomic mass is 16.5. The van der Waals surface area contributed by atoms with Crippen LogP contribution in [0.5, 0.6) is 28.7 Å². The second-order valence-electron chi connectivity index (χ2n) is 5.77. The van der Waals surface area contributed by atoms with Crippen molar-refractivity contribution in [2.45, 2.75) is 0 Å². The Balaban J connectivity index is 2.13. The van der Waals surface area contributed by atoms with Crippen LogP contribution in [0.2, 0.25) is 0 Å². The minimum atomic E-state index is 0.562. The van der Waals surface area contributed by atoms with Crippen molar-refractivity contribution in [3.8, 4) is 51.0 Å². The van der Waals surface area contributed by atoms with Crippen molar-refractivity contribution in [3.63, 3.8) is 0 Å². The molecule has 0 radical (unpaired) electrons. The number of H-pyrrole nitrogens is 1. The highest BCUT2D eigenvalue weighted by Gasteiger charge is 2.17. The SMILES string of the molecule is COc1ccc(-c2c[nH]cc2-c2cc(OC)c(OC)c(OC)c2)cc1OC. The second kappa shape index (κ2) is 7.95. The van der Waals surface area contributed by atoms with Crippen LogP contribution in [0.3, 0.4) is 0 Å². The van der Waals surface area contributed by atoms with Crippen LogP contribution in [0.25, 0.3) is 22.3 Å². The van der Waals surface area contributed by atoms with E-state index in [2.05, 4.69) is 4.98 Å². The van der Waals surface area contributed by atoms with Crippen molar-refractivity contribution >= 4 is 0 Å². The molecule has 0 fully saturated rings. The molecular weight excluding hydrogens is 346 g/mol. The number of nitrogens with one attached hydrogen (secondary N) is 1. The van der Waals surface area contributed by atoms with Gasteiger partial charge in [-0.2, -0.15) is 0 Å². The molecule has 1 heterocycles. The number of rotatable bonds is 7. The predicted molar refractivity (Wildman–Crippen MR) is 104 cm³/mol. The summed E-state index contributed by atoms with van der Waals surface area (Å²) in [5.74, 6) is 3.13. The number of benzene rings is 2. The Bertz CT molecular complexity index is 907. The monoisotopic (exact) mass is 369 g/mol. The highest BCUT2D eigenvalue weighted by Crippen LogP contribution is 2.44. The largest absolute Gasteiger partial charge is 0.493 e. The van der Waals surface area contributed by atoms with Gasteiger partial charge in [-0.25, -0.2) is 0 Å². The molecule has 0 bridgehead atoms. The molecule has 0 aliphatic rings. The lowest BCUT2D eigenvalue weighted by atomic mass is 9.98. The maximum Gasteiger partial charge on any atom is 0.203 e. The van der Waals surface area contributed by atoms with Gasteiger partial charge in [0.1, 0.15) is 0 Å². The second-order valence-corrected chi connectivity index (χ2v) is 5.77. The molecular formula is C21H23NO5. The first kappa shape index (κ1) is 18.5. The minimum Gasteiger partial charge on any atom is -0.493 e. The Morgan fingerprint density at radius 3 is 1.59 bits per heavy atom. The van der Waals surface area contributed by atoms with E-state index in [9.17, 15) is 0 Å². The molecule has 0 saturated heterocycles. The van der Waals surface area contributed by atoms with E-state index in [1.807, 2.05) is 42.7 Å². The molecule has 3 rings (SSSR count). The molecule has 3 aromatic rings. The third kappa shape index (κ3) is 3.38. The van der Waals surface area contributed by atoms with Crippen LogP contribution in [0, 0.1) is 0 Å².